The van der Waals surface area contributed by atoms with Crippen molar-refractivity contribution < 1.29 is 9.53 Å². The van der Waals surface area contributed by atoms with E-state index in [1.54, 1.807) is 4.90 Å². The second kappa shape index (κ2) is 5.07. The second-order valence-corrected chi connectivity index (χ2v) is 5.73. The highest BCUT2D eigenvalue weighted by Crippen LogP contribution is 2.25. The molecule has 0 spiro atoms. The highest BCUT2D eigenvalue weighted by molar-refractivity contribution is 5.69. The van der Waals surface area contributed by atoms with Crippen LogP contribution in [-0.4, -0.2) is 35.2 Å². The number of nitrogens with zero attached hydrogens (tertiary/aromatic N) is 2. The van der Waals surface area contributed by atoms with Gasteiger partial charge < -0.3 is 15.0 Å². The van der Waals surface area contributed by atoms with E-state index in [9.17, 15) is 4.79 Å². The molecular weight excluding hydrogens is 242 g/mol. The number of ether oxygens (including phenoxy) is 1. The average Bonchev–Trinajstić information content (AvgIpc) is 2.35. The fourth-order valence-electron chi connectivity index (χ4n) is 2.19. The second-order valence-electron chi connectivity index (χ2n) is 5.73. The van der Waals surface area contributed by atoms with Gasteiger partial charge in [-0.2, -0.15) is 0 Å². The zero-order chi connectivity index (χ0) is 14.0. The quantitative estimate of drug-likeness (QED) is 0.845. The molecule has 0 atom stereocenters. The van der Waals surface area contributed by atoms with Crippen LogP contribution in [-0.2, 0) is 17.7 Å². The molecule has 1 aromatic rings. The first-order chi connectivity index (χ1) is 8.90. The Balaban J connectivity index is 2.12. The maximum Gasteiger partial charge on any atom is 0.410 e. The summed E-state index contributed by atoms with van der Waals surface area (Å²) in [7, 11) is 1.89. The predicted octanol–water partition coefficient (Wildman–Crippen LogP) is 2.42. The molecule has 0 saturated heterocycles. The average molecular weight is 263 g/mol. The summed E-state index contributed by atoms with van der Waals surface area (Å²) in [6.07, 6.45) is 4.22. The summed E-state index contributed by atoms with van der Waals surface area (Å²) in [4.78, 5) is 18.0. The Labute approximate surface area is 114 Å². The summed E-state index contributed by atoms with van der Waals surface area (Å²) in [5.74, 6) is 0. The van der Waals surface area contributed by atoms with Crippen molar-refractivity contribution in [3.8, 4) is 0 Å². The van der Waals surface area contributed by atoms with Crippen LogP contribution in [0.25, 0.3) is 0 Å². The van der Waals surface area contributed by atoms with E-state index < -0.39 is 5.60 Å². The van der Waals surface area contributed by atoms with E-state index in [-0.39, 0.29) is 6.09 Å². The monoisotopic (exact) mass is 263 g/mol. The fraction of sp³-hybridized carbons (Fsp3) is 0.571. The van der Waals surface area contributed by atoms with Crippen molar-refractivity contribution >= 4 is 11.8 Å². The first-order valence-corrected chi connectivity index (χ1v) is 6.52. The van der Waals surface area contributed by atoms with E-state index >= 15 is 0 Å². The lowest BCUT2D eigenvalue weighted by molar-refractivity contribution is 0.0224. The Morgan fingerprint density at radius 2 is 2.16 bits per heavy atom. The summed E-state index contributed by atoms with van der Waals surface area (Å²) in [6, 6.07) is 0. The molecule has 1 N–H and O–H groups in total. The van der Waals surface area contributed by atoms with Crippen LogP contribution >= 0.6 is 0 Å². The van der Waals surface area contributed by atoms with Gasteiger partial charge in [-0.1, -0.05) is 0 Å². The van der Waals surface area contributed by atoms with Gasteiger partial charge in [0.1, 0.15) is 5.60 Å². The minimum Gasteiger partial charge on any atom is -0.444 e. The molecule has 0 unspecified atom stereocenters. The highest BCUT2D eigenvalue weighted by Gasteiger charge is 2.26. The SMILES string of the molecule is CNc1cncc2c1CCN(C(=O)OC(C)(C)C)C2. The highest BCUT2D eigenvalue weighted by atomic mass is 16.6. The van der Waals surface area contributed by atoms with Gasteiger partial charge in [-0.25, -0.2) is 4.79 Å². The van der Waals surface area contributed by atoms with Gasteiger partial charge in [0.2, 0.25) is 0 Å². The topological polar surface area (TPSA) is 54.5 Å². The molecule has 5 heteroatoms. The third-order valence-electron chi connectivity index (χ3n) is 3.06. The van der Waals surface area contributed by atoms with Crippen molar-refractivity contribution in [2.75, 3.05) is 18.9 Å². The molecule has 19 heavy (non-hydrogen) atoms. The Morgan fingerprint density at radius 3 is 2.79 bits per heavy atom. The van der Waals surface area contributed by atoms with Gasteiger partial charge in [0, 0.05) is 19.8 Å². The Bertz CT molecular complexity index is 480. The van der Waals surface area contributed by atoms with Gasteiger partial charge in [-0.3, -0.25) is 4.98 Å². The minimum atomic E-state index is -0.456. The third kappa shape index (κ3) is 3.16. The zero-order valence-corrected chi connectivity index (χ0v) is 12.0. The number of hydrogen-bond donors (Lipinski definition) is 1. The molecule has 1 aliphatic heterocycles. The van der Waals surface area contributed by atoms with Crippen molar-refractivity contribution in [3.63, 3.8) is 0 Å². The van der Waals surface area contributed by atoms with E-state index in [0.29, 0.717) is 13.1 Å². The summed E-state index contributed by atoms with van der Waals surface area (Å²) in [5, 5.41) is 3.14. The molecule has 0 fully saturated rings. The van der Waals surface area contributed by atoms with Crippen LogP contribution < -0.4 is 5.32 Å². The number of rotatable bonds is 1. The van der Waals surface area contributed by atoms with Crippen LogP contribution in [0.3, 0.4) is 0 Å². The molecule has 104 valence electrons. The lowest BCUT2D eigenvalue weighted by atomic mass is 10.0. The summed E-state index contributed by atoms with van der Waals surface area (Å²) in [5.41, 5.74) is 2.92. The molecule has 0 aromatic carbocycles. The standard InChI is InChI=1S/C14H21N3O2/c1-14(2,3)19-13(18)17-6-5-11-10(9-17)7-16-8-12(11)15-4/h7-8,15H,5-6,9H2,1-4H3. The van der Waals surface area contributed by atoms with E-state index in [0.717, 1.165) is 17.7 Å². The van der Waals surface area contributed by atoms with Gasteiger partial charge in [0.25, 0.3) is 0 Å². The molecule has 0 radical (unpaired) electrons. The van der Waals surface area contributed by atoms with Crippen molar-refractivity contribution in [2.45, 2.75) is 39.3 Å². The van der Waals surface area contributed by atoms with Crippen LogP contribution in [0, 0.1) is 0 Å². The van der Waals surface area contributed by atoms with Crippen molar-refractivity contribution in [1.82, 2.24) is 9.88 Å². The van der Waals surface area contributed by atoms with Crippen molar-refractivity contribution in [3.05, 3.63) is 23.5 Å². The van der Waals surface area contributed by atoms with Gasteiger partial charge in [0.15, 0.2) is 0 Å². The summed E-state index contributed by atoms with van der Waals surface area (Å²) in [6.45, 7) is 6.88. The molecule has 5 nitrogen and oxygen atoms in total. The maximum absolute atomic E-state index is 12.0. The van der Waals surface area contributed by atoms with Crippen LogP contribution in [0.15, 0.2) is 12.4 Å². The molecular formula is C14H21N3O2. The molecule has 0 aliphatic carbocycles. The normalized spacial score (nSPS) is 14.8. The number of nitrogens with one attached hydrogen (secondary N) is 1. The van der Waals surface area contributed by atoms with E-state index in [2.05, 4.69) is 10.3 Å². The maximum atomic E-state index is 12.0. The molecule has 1 aliphatic rings. The van der Waals surface area contributed by atoms with Crippen LogP contribution in [0.1, 0.15) is 31.9 Å². The number of fused-ring (bicyclic) bond motifs is 1. The number of carbonyl (C=O) groups is 1. The van der Waals surface area contributed by atoms with Gasteiger partial charge >= 0.3 is 6.09 Å². The third-order valence-corrected chi connectivity index (χ3v) is 3.06. The first-order valence-electron chi connectivity index (χ1n) is 6.52. The first kappa shape index (κ1) is 13.6. The number of aromatic nitrogens is 1. The number of anilines is 1. The molecule has 2 heterocycles. The van der Waals surface area contributed by atoms with E-state index in [1.807, 2.05) is 40.2 Å². The van der Waals surface area contributed by atoms with Gasteiger partial charge in [-0.15, -0.1) is 0 Å². The molecule has 1 amide bonds. The van der Waals surface area contributed by atoms with Crippen LogP contribution in [0.4, 0.5) is 10.5 Å². The Hall–Kier alpha value is -1.78. The largest absolute Gasteiger partial charge is 0.444 e. The van der Waals surface area contributed by atoms with Crippen LogP contribution in [0.5, 0.6) is 0 Å². The minimum absolute atomic E-state index is 0.256. The zero-order valence-electron chi connectivity index (χ0n) is 12.0. The van der Waals surface area contributed by atoms with Gasteiger partial charge in [0.05, 0.1) is 18.4 Å². The number of amides is 1. The Morgan fingerprint density at radius 1 is 1.42 bits per heavy atom. The number of hydrogen-bond acceptors (Lipinski definition) is 4. The van der Waals surface area contributed by atoms with Crippen LogP contribution in [0.2, 0.25) is 0 Å². The molecule has 0 bridgehead atoms. The number of carbonyl (C=O) groups excluding carboxylic acids is 1. The summed E-state index contributed by atoms with van der Waals surface area (Å²) >= 11 is 0. The number of pyridine rings is 1. The smallest absolute Gasteiger partial charge is 0.410 e. The lowest BCUT2D eigenvalue weighted by Gasteiger charge is -2.31. The predicted molar refractivity (Wildman–Crippen MR) is 74.1 cm³/mol. The van der Waals surface area contributed by atoms with Crippen molar-refractivity contribution in [2.24, 2.45) is 0 Å². The van der Waals surface area contributed by atoms with Crippen molar-refractivity contribution in [1.29, 1.82) is 0 Å². The lowest BCUT2D eigenvalue weighted by Crippen LogP contribution is -2.40. The molecule has 0 saturated carbocycles. The van der Waals surface area contributed by atoms with E-state index in [4.69, 9.17) is 4.74 Å². The summed E-state index contributed by atoms with van der Waals surface area (Å²) < 4.78 is 5.40. The molecule has 1 aromatic heterocycles. The fourth-order valence-corrected chi connectivity index (χ4v) is 2.19. The molecule has 2 rings (SSSR count). The Kier molecular flexibility index (Phi) is 3.64. The van der Waals surface area contributed by atoms with E-state index in [1.165, 1.54) is 5.56 Å². The van der Waals surface area contributed by atoms with Gasteiger partial charge in [-0.05, 0) is 38.3 Å².